The summed E-state index contributed by atoms with van der Waals surface area (Å²) in [7, 11) is 3.97. The molecule has 1 amide bonds. The first kappa shape index (κ1) is 18.1. The number of carbonyl (C=O) groups is 1. The summed E-state index contributed by atoms with van der Waals surface area (Å²) < 4.78 is 0. The van der Waals surface area contributed by atoms with Crippen molar-refractivity contribution in [1.29, 1.82) is 0 Å². The van der Waals surface area contributed by atoms with E-state index in [4.69, 9.17) is 5.73 Å². The number of benzene rings is 3. The Morgan fingerprint density at radius 1 is 0.852 bits per heavy atom. The van der Waals surface area contributed by atoms with E-state index < -0.39 is 0 Å². The van der Waals surface area contributed by atoms with Crippen molar-refractivity contribution in [2.45, 2.75) is 0 Å². The van der Waals surface area contributed by atoms with Crippen LogP contribution in [0.2, 0.25) is 0 Å². The second-order valence-electron chi connectivity index (χ2n) is 6.20. The largest absolute Gasteiger partial charge is 0.397 e. The number of carbonyl (C=O) groups excluding carboxylic acids is 1. The highest BCUT2D eigenvalue weighted by molar-refractivity contribution is 6.05. The van der Waals surface area contributed by atoms with Crippen LogP contribution in [0, 0.1) is 0 Å². The van der Waals surface area contributed by atoms with Crippen LogP contribution in [0.25, 0.3) is 0 Å². The lowest BCUT2D eigenvalue weighted by Crippen LogP contribution is -2.12. The van der Waals surface area contributed by atoms with Crippen LogP contribution >= 0.6 is 0 Å². The topological polar surface area (TPSA) is 83.1 Å². The molecule has 0 radical (unpaired) electrons. The van der Waals surface area contributed by atoms with Crippen LogP contribution in [0.3, 0.4) is 0 Å². The van der Waals surface area contributed by atoms with Gasteiger partial charge in [-0.15, -0.1) is 0 Å². The molecular formula is C21H21N5O. The van der Waals surface area contributed by atoms with Gasteiger partial charge in [0.2, 0.25) is 0 Å². The smallest absolute Gasteiger partial charge is 0.255 e. The van der Waals surface area contributed by atoms with Gasteiger partial charge in [0.25, 0.3) is 5.91 Å². The zero-order valence-corrected chi connectivity index (χ0v) is 15.3. The molecule has 0 saturated heterocycles. The van der Waals surface area contributed by atoms with Gasteiger partial charge in [-0.05, 0) is 60.7 Å². The molecule has 0 saturated carbocycles. The lowest BCUT2D eigenvalue weighted by molar-refractivity contribution is 0.102. The molecule has 6 nitrogen and oxygen atoms in total. The summed E-state index contributed by atoms with van der Waals surface area (Å²) in [6.45, 7) is 0. The standard InChI is InChI=1S/C21H21N5O/c1-26(2)18-13-11-17(12-14-18)25-24-16-9-7-15(8-10-16)21(27)23-20-6-4-3-5-19(20)22/h3-14H,22H2,1-2H3,(H,23,27)/b25-24+. The number of rotatable bonds is 5. The molecule has 136 valence electrons. The SMILES string of the molecule is CN(C)c1ccc(/N=N/c2ccc(C(=O)Nc3ccccc3N)cc2)cc1. The van der Waals surface area contributed by atoms with Gasteiger partial charge in [-0.3, -0.25) is 4.79 Å². The van der Waals surface area contributed by atoms with E-state index in [9.17, 15) is 4.79 Å². The van der Waals surface area contributed by atoms with Crippen molar-refractivity contribution in [1.82, 2.24) is 0 Å². The van der Waals surface area contributed by atoms with Crippen LogP contribution in [0.4, 0.5) is 28.4 Å². The van der Waals surface area contributed by atoms with Crippen molar-refractivity contribution in [3.8, 4) is 0 Å². The van der Waals surface area contributed by atoms with Gasteiger partial charge in [0, 0.05) is 25.3 Å². The molecule has 3 aromatic carbocycles. The van der Waals surface area contributed by atoms with Crippen molar-refractivity contribution < 1.29 is 4.79 Å². The molecule has 27 heavy (non-hydrogen) atoms. The molecule has 0 spiro atoms. The van der Waals surface area contributed by atoms with Crippen molar-refractivity contribution in [2.24, 2.45) is 10.2 Å². The molecule has 0 unspecified atom stereocenters. The monoisotopic (exact) mass is 359 g/mol. The van der Waals surface area contributed by atoms with Gasteiger partial charge < -0.3 is 16.0 Å². The normalized spacial score (nSPS) is 10.7. The number of hydrogen-bond donors (Lipinski definition) is 2. The summed E-state index contributed by atoms with van der Waals surface area (Å²) in [6.07, 6.45) is 0. The summed E-state index contributed by atoms with van der Waals surface area (Å²) >= 11 is 0. The quantitative estimate of drug-likeness (QED) is 0.496. The predicted octanol–water partition coefficient (Wildman–Crippen LogP) is 5.00. The molecule has 0 fully saturated rings. The van der Waals surface area contributed by atoms with Gasteiger partial charge in [-0.1, -0.05) is 12.1 Å². The summed E-state index contributed by atoms with van der Waals surface area (Å²) in [5.74, 6) is -0.226. The maximum absolute atomic E-state index is 12.3. The van der Waals surface area contributed by atoms with Crippen LogP contribution in [0.1, 0.15) is 10.4 Å². The number of anilines is 3. The van der Waals surface area contributed by atoms with Gasteiger partial charge >= 0.3 is 0 Å². The lowest BCUT2D eigenvalue weighted by Gasteiger charge is -2.11. The third kappa shape index (κ3) is 4.70. The van der Waals surface area contributed by atoms with Crippen LogP contribution in [-0.4, -0.2) is 20.0 Å². The predicted molar refractivity (Wildman–Crippen MR) is 110 cm³/mol. The Hall–Kier alpha value is -3.67. The molecule has 0 aliphatic carbocycles. The summed E-state index contributed by atoms with van der Waals surface area (Å²) in [4.78, 5) is 14.3. The number of nitrogen functional groups attached to an aromatic ring is 1. The van der Waals surface area contributed by atoms with E-state index in [-0.39, 0.29) is 5.91 Å². The first-order chi connectivity index (χ1) is 13.0. The third-order valence-electron chi connectivity index (χ3n) is 3.99. The minimum atomic E-state index is -0.226. The van der Waals surface area contributed by atoms with Crippen LogP contribution in [-0.2, 0) is 0 Å². The van der Waals surface area contributed by atoms with Gasteiger partial charge in [0.05, 0.1) is 22.7 Å². The van der Waals surface area contributed by atoms with Crippen LogP contribution in [0.15, 0.2) is 83.0 Å². The number of para-hydroxylation sites is 2. The molecule has 6 heteroatoms. The van der Waals surface area contributed by atoms with E-state index in [0.29, 0.717) is 22.6 Å². The minimum absolute atomic E-state index is 0.226. The fourth-order valence-corrected chi connectivity index (χ4v) is 2.42. The third-order valence-corrected chi connectivity index (χ3v) is 3.99. The highest BCUT2D eigenvalue weighted by Crippen LogP contribution is 2.22. The number of amides is 1. The number of hydrogen-bond acceptors (Lipinski definition) is 5. The van der Waals surface area contributed by atoms with Gasteiger partial charge in [0.15, 0.2) is 0 Å². The maximum Gasteiger partial charge on any atom is 0.255 e. The summed E-state index contributed by atoms with van der Waals surface area (Å²) in [6, 6.07) is 21.8. The zero-order chi connectivity index (χ0) is 19.2. The molecular weight excluding hydrogens is 338 g/mol. The summed E-state index contributed by atoms with van der Waals surface area (Å²) in [5.41, 5.74) is 10.0. The highest BCUT2D eigenvalue weighted by atomic mass is 16.1. The highest BCUT2D eigenvalue weighted by Gasteiger charge is 2.07. The van der Waals surface area contributed by atoms with E-state index in [0.717, 1.165) is 11.4 Å². The molecule has 0 atom stereocenters. The second-order valence-corrected chi connectivity index (χ2v) is 6.20. The average molecular weight is 359 g/mol. The molecule has 3 N–H and O–H groups in total. The fraction of sp³-hybridized carbons (Fsp3) is 0.0952. The molecule has 0 aromatic heterocycles. The van der Waals surface area contributed by atoms with Crippen molar-refractivity contribution in [3.63, 3.8) is 0 Å². The molecule has 0 heterocycles. The van der Waals surface area contributed by atoms with Gasteiger partial charge in [0.1, 0.15) is 0 Å². The maximum atomic E-state index is 12.3. The lowest BCUT2D eigenvalue weighted by atomic mass is 10.2. The van der Waals surface area contributed by atoms with Crippen molar-refractivity contribution in [2.75, 3.05) is 30.0 Å². The Kier molecular flexibility index (Phi) is 5.47. The fourth-order valence-electron chi connectivity index (χ4n) is 2.42. The van der Waals surface area contributed by atoms with E-state index in [2.05, 4.69) is 15.5 Å². The number of nitrogens with two attached hydrogens (primary N) is 1. The van der Waals surface area contributed by atoms with Crippen molar-refractivity contribution in [3.05, 3.63) is 78.4 Å². The first-order valence-corrected chi connectivity index (χ1v) is 8.48. The second kappa shape index (κ2) is 8.14. The Balaban J connectivity index is 1.66. The molecule has 0 aliphatic heterocycles. The average Bonchev–Trinajstić information content (AvgIpc) is 2.69. The molecule has 0 bridgehead atoms. The number of nitrogens with one attached hydrogen (secondary N) is 1. The number of azo groups is 1. The minimum Gasteiger partial charge on any atom is -0.397 e. The number of nitrogens with zero attached hydrogens (tertiary/aromatic N) is 3. The Morgan fingerprint density at radius 3 is 1.96 bits per heavy atom. The van der Waals surface area contributed by atoms with E-state index in [1.54, 1.807) is 36.4 Å². The summed E-state index contributed by atoms with van der Waals surface area (Å²) in [5, 5.41) is 11.2. The zero-order valence-electron chi connectivity index (χ0n) is 15.3. The van der Waals surface area contributed by atoms with Gasteiger partial charge in [-0.25, -0.2) is 0 Å². The van der Waals surface area contributed by atoms with Crippen LogP contribution in [0.5, 0.6) is 0 Å². The Morgan fingerprint density at radius 2 is 1.41 bits per heavy atom. The molecule has 3 rings (SSSR count). The van der Waals surface area contributed by atoms with Crippen LogP contribution < -0.4 is 16.0 Å². The Bertz CT molecular complexity index is 947. The van der Waals surface area contributed by atoms with E-state index in [1.165, 1.54) is 0 Å². The van der Waals surface area contributed by atoms with E-state index in [1.807, 2.05) is 55.4 Å². The Labute approximate surface area is 158 Å². The molecule has 0 aliphatic rings. The molecule has 3 aromatic rings. The van der Waals surface area contributed by atoms with Crippen molar-refractivity contribution >= 4 is 34.3 Å². The van der Waals surface area contributed by atoms with Gasteiger partial charge in [-0.2, -0.15) is 10.2 Å². The van der Waals surface area contributed by atoms with E-state index >= 15 is 0 Å². The first-order valence-electron chi connectivity index (χ1n) is 8.48.